The third-order valence-electron chi connectivity index (χ3n) is 8.61. The molecular weight excluding hydrogens is 623 g/mol. The van der Waals surface area contributed by atoms with Gasteiger partial charge in [-0.25, -0.2) is 14.4 Å². The van der Waals surface area contributed by atoms with E-state index in [-0.39, 0.29) is 17.8 Å². The number of carbonyl (C=O) groups excluding carboxylic acids is 2. The first kappa shape index (κ1) is 35.1. The van der Waals surface area contributed by atoms with Crippen molar-refractivity contribution in [1.29, 1.82) is 0 Å². The molecular formula is C37H43FN8O3. The monoisotopic (exact) mass is 666 g/mol. The molecule has 5 aromatic rings. The van der Waals surface area contributed by atoms with Gasteiger partial charge in [0.05, 0.1) is 23.9 Å². The number of fused-ring (bicyclic) bond motifs is 1. The number of likely N-dealkylation sites (tertiary alicyclic amines) is 1. The highest BCUT2D eigenvalue weighted by Crippen LogP contribution is 2.28. The molecule has 1 atom stereocenters. The highest BCUT2D eigenvalue weighted by molar-refractivity contribution is 5.95. The van der Waals surface area contributed by atoms with Gasteiger partial charge in [-0.2, -0.15) is 5.10 Å². The average Bonchev–Trinajstić information content (AvgIpc) is 3.56. The van der Waals surface area contributed by atoms with Gasteiger partial charge in [-0.05, 0) is 98.6 Å². The molecule has 12 heteroatoms. The van der Waals surface area contributed by atoms with Gasteiger partial charge in [0.2, 0.25) is 12.3 Å². The Morgan fingerprint density at radius 1 is 1.04 bits per heavy atom. The van der Waals surface area contributed by atoms with Crippen molar-refractivity contribution in [3.8, 4) is 22.6 Å². The van der Waals surface area contributed by atoms with Crippen molar-refractivity contribution in [2.45, 2.75) is 25.4 Å². The molecule has 0 spiro atoms. The Bertz CT molecular complexity index is 1780. The van der Waals surface area contributed by atoms with Crippen LogP contribution in [0.4, 0.5) is 15.8 Å². The SMILES string of the molecule is CO[C@H]1CCCN(CC(=O)N(C)CCCN(C)c2ccc(-c3ncccn3)cc2)C1.O=CNc1ccc2[nH]nc(-c3ccc(F)cc3)c2c1. The second-order valence-electron chi connectivity index (χ2n) is 12.0. The van der Waals surface area contributed by atoms with Gasteiger partial charge in [-0.3, -0.25) is 19.6 Å². The lowest BCUT2D eigenvalue weighted by Gasteiger charge is -2.32. The van der Waals surface area contributed by atoms with Gasteiger partial charge >= 0.3 is 0 Å². The summed E-state index contributed by atoms with van der Waals surface area (Å²) in [7, 11) is 5.73. The van der Waals surface area contributed by atoms with Crippen LogP contribution < -0.4 is 10.2 Å². The minimum atomic E-state index is -0.285. The van der Waals surface area contributed by atoms with E-state index < -0.39 is 0 Å². The first-order valence-electron chi connectivity index (χ1n) is 16.4. The number of anilines is 2. The fourth-order valence-corrected chi connectivity index (χ4v) is 5.77. The number of methoxy groups -OCH3 is 1. The van der Waals surface area contributed by atoms with E-state index >= 15 is 0 Å². The van der Waals surface area contributed by atoms with Crippen molar-refractivity contribution in [2.75, 3.05) is 64.1 Å². The maximum absolute atomic E-state index is 12.9. The molecule has 0 radical (unpaired) electrons. The third-order valence-corrected chi connectivity index (χ3v) is 8.61. The van der Waals surface area contributed by atoms with Crippen molar-refractivity contribution in [1.82, 2.24) is 30.0 Å². The molecule has 0 unspecified atom stereocenters. The zero-order valence-corrected chi connectivity index (χ0v) is 28.2. The second-order valence-corrected chi connectivity index (χ2v) is 12.0. The summed E-state index contributed by atoms with van der Waals surface area (Å²) >= 11 is 0. The van der Waals surface area contributed by atoms with Crippen molar-refractivity contribution in [3.05, 3.63) is 91.0 Å². The lowest BCUT2D eigenvalue weighted by atomic mass is 10.1. The van der Waals surface area contributed by atoms with Crippen LogP contribution in [0.15, 0.2) is 85.2 Å². The normalized spacial score (nSPS) is 14.5. The van der Waals surface area contributed by atoms with E-state index in [2.05, 4.69) is 54.5 Å². The lowest BCUT2D eigenvalue weighted by Crippen LogP contribution is -2.45. The minimum Gasteiger partial charge on any atom is -0.380 e. The van der Waals surface area contributed by atoms with Crippen LogP contribution in [0.25, 0.3) is 33.5 Å². The Labute approximate surface area is 286 Å². The average molecular weight is 667 g/mol. The summed E-state index contributed by atoms with van der Waals surface area (Å²) in [5.41, 5.74) is 5.23. The topological polar surface area (TPSA) is 120 Å². The van der Waals surface area contributed by atoms with Crippen molar-refractivity contribution >= 4 is 34.6 Å². The van der Waals surface area contributed by atoms with Gasteiger partial charge in [0.15, 0.2) is 5.82 Å². The van der Waals surface area contributed by atoms with Crippen molar-refractivity contribution < 1.29 is 18.7 Å². The van der Waals surface area contributed by atoms with Crippen molar-refractivity contribution in [3.63, 3.8) is 0 Å². The number of ether oxygens (including phenoxy) is 1. The molecule has 1 fully saturated rings. The number of amides is 2. The van der Waals surface area contributed by atoms with Gasteiger partial charge < -0.3 is 19.9 Å². The van der Waals surface area contributed by atoms with Gasteiger partial charge in [-0.15, -0.1) is 0 Å². The highest BCUT2D eigenvalue weighted by Gasteiger charge is 2.22. The number of nitrogens with zero attached hydrogens (tertiary/aromatic N) is 6. The first-order valence-corrected chi connectivity index (χ1v) is 16.4. The molecule has 0 saturated carbocycles. The Morgan fingerprint density at radius 3 is 2.49 bits per heavy atom. The molecule has 1 aliphatic heterocycles. The largest absolute Gasteiger partial charge is 0.380 e. The van der Waals surface area contributed by atoms with E-state index in [9.17, 15) is 14.0 Å². The van der Waals surface area contributed by atoms with E-state index in [1.807, 2.05) is 42.3 Å². The van der Waals surface area contributed by atoms with Gasteiger partial charge in [0.25, 0.3) is 0 Å². The number of H-pyrrole nitrogens is 1. The number of carbonyl (C=O) groups is 2. The number of aromatic amines is 1. The number of hydrogen-bond acceptors (Lipinski definition) is 8. The maximum Gasteiger partial charge on any atom is 0.236 e. The van der Waals surface area contributed by atoms with Crippen LogP contribution in [0.5, 0.6) is 0 Å². The predicted octanol–water partition coefficient (Wildman–Crippen LogP) is 5.48. The summed E-state index contributed by atoms with van der Waals surface area (Å²) in [5, 5.41) is 10.6. The second kappa shape index (κ2) is 17.3. The number of likely N-dealkylation sites (N-methyl/N-ethyl adjacent to an activating group) is 1. The zero-order chi connectivity index (χ0) is 34.6. The molecule has 2 N–H and O–H groups in total. The lowest BCUT2D eigenvalue weighted by molar-refractivity contribution is -0.132. The van der Waals surface area contributed by atoms with Gasteiger partial charge in [0.1, 0.15) is 5.82 Å². The van der Waals surface area contributed by atoms with Crippen LogP contribution in [0, 0.1) is 5.82 Å². The van der Waals surface area contributed by atoms with Crippen LogP contribution in [0.3, 0.4) is 0 Å². The van der Waals surface area contributed by atoms with Gasteiger partial charge in [-0.1, -0.05) is 0 Å². The van der Waals surface area contributed by atoms with E-state index in [0.29, 0.717) is 18.6 Å². The van der Waals surface area contributed by atoms with E-state index in [1.54, 1.807) is 37.7 Å². The number of aromatic nitrogens is 4. The van der Waals surface area contributed by atoms with E-state index in [1.165, 1.54) is 12.1 Å². The minimum absolute atomic E-state index is 0.182. The zero-order valence-electron chi connectivity index (χ0n) is 28.2. The molecule has 6 rings (SSSR count). The van der Waals surface area contributed by atoms with Crippen LogP contribution in [-0.2, 0) is 14.3 Å². The van der Waals surface area contributed by atoms with Crippen LogP contribution >= 0.6 is 0 Å². The maximum atomic E-state index is 12.9. The molecule has 0 aliphatic carbocycles. The number of nitrogens with one attached hydrogen (secondary N) is 2. The number of piperidine rings is 1. The predicted molar refractivity (Wildman–Crippen MR) is 191 cm³/mol. The molecule has 49 heavy (non-hydrogen) atoms. The van der Waals surface area contributed by atoms with Crippen LogP contribution in [0.2, 0.25) is 0 Å². The Balaban J connectivity index is 0.000000211. The summed E-state index contributed by atoms with van der Waals surface area (Å²) in [4.78, 5) is 37.8. The van der Waals surface area contributed by atoms with E-state index in [0.717, 1.165) is 84.7 Å². The Morgan fingerprint density at radius 2 is 1.78 bits per heavy atom. The molecule has 3 aromatic carbocycles. The van der Waals surface area contributed by atoms with Crippen molar-refractivity contribution in [2.24, 2.45) is 0 Å². The quantitative estimate of drug-likeness (QED) is 0.168. The smallest absolute Gasteiger partial charge is 0.236 e. The molecule has 11 nitrogen and oxygen atoms in total. The summed E-state index contributed by atoms with van der Waals surface area (Å²) < 4.78 is 18.4. The molecule has 1 saturated heterocycles. The molecule has 3 heterocycles. The van der Waals surface area contributed by atoms with Crippen LogP contribution in [0.1, 0.15) is 19.3 Å². The first-order chi connectivity index (χ1) is 23.8. The summed E-state index contributed by atoms with van der Waals surface area (Å²) in [6, 6.07) is 21.6. The fourth-order valence-electron chi connectivity index (χ4n) is 5.77. The number of hydrogen-bond donors (Lipinski definition) is 2. The summed E-state index contributed by atoms with van der Waals surface area (Å²) in [6.07, 6.45) is 7.48. The molecule has 0 bridgehead atoms. The van der Waals surface area contributed by atoms with Gasteiger partial charge in [0, 0.05) is 81.1 Å². The highest BCUT2D eigenvalue weighted by atomic mass is 19.1. The standard InChI is InChI=1S/C23H33N5O2.C14H10FN3O/c1-26(20-10-8-19(9-11-20)23-24-12-5-13-25-23)14-6-15-27(2)22(29)18-28-16-4-7-21(17-28)30-3;15-10-3-1-9(2-4-10)14-12-7-11(16-8-19)5-6-13(12)17-18-14/h5,8-13,21H,4,6-7,14-18H2,1-3H3;1-8H,(H,16,19)(H,17,18)/t21-;/m0./s1. The molecule has 256 valence electrons. The number of halogens is 1. The Hall–Kier alpha value is -5.20. The third kappa shape index (κ3) is 9.68. The van der Waals surface area contributed by atoms with Crippen LogP contribution in [-0.4, -0.2) is 102 Å². The Kier molecular flexibility index (Phi) is 12.4. The summed E-state index contributed by atoms with van der Waals surface area (Å²) in [6.45, 7) is 3.94. The molecule has 2 amide bonds. The molecule has 2 aromatic heterocycles. The fraction of sp³-hybridized carbons (Fsp3) is 0.324. The molecule has 1 aliphatic rings. The number of benzene rings is 3. The summed E-state index contributed by atoms with van der Waals surface area (Å²) in [5.74, 6) is 0.630. The number of rotatable bonds is 12. The van der Waals surface area contributed by atoms with E-state index in [4.69, 9.17) is 4.74 Å².